The molecule has 0 aliphatic carbocycles. The molecule has 0 radical (unpaired) electrons. The summed E-state index contributed by atoms with van der Waals surface area (Å²) in [6.07, 6.45) is 1.46. The lowest BCUT2D eigenvalue weighted by Gasteiger charge is -2.08. The highest BCUT2D eigenvalue weighted by Crippen LogP contribution is 2.24. The molecule has 0 aliphatic heterocycles. The number of nitrogens with two attached hydrogens (primary N) is 1. The molecule has 0 unspecified atom stereocenters. The molecule has 0 spiro atoms. The van der Waals surface area contributed by atoms with E-state index in [-0.39, 0.29) is 5.91 Å². The lowest BCUT2D eigenvalue weighted by Crippen LogP contribution is -2.14. The highest BCUT2D eigenvalue weighted by atomic mass is 79.9. The Morgan fingerprint density at radius 2 is 2.05 bits per heavy atom. The van der Waals surface area contributed by atoms with Gasteiger partial charge in [-0.2, -0.15) is 0 Å². The number of aromatic nitrogens is 1. The fourth-order valence-corrected chi connectivity index (χ4v) is 2.06. The van der Waals surface area contributed by atoms with Crippen molar-refractivity contribution in [3.05, 3.63) is 50.7 Å². The minimum atomic E-state index is -0.342. The molecule has 0 aliphatic rings. The second-order valence-corrected chi connectivity index (χ2v) is 5.33. The molecule has 3 N–H and O–H groups in total. The van der Waals surface area contributed by atoms with E-state index in [9.17, 15) is 4.79 Å². The molecule has 0 fully saturated rings. The first-order valence-electron chi connectivity index (χ1n) is 5.15. The lowest BCUT2D eigenvalue weighted by atomic mass is 10.1. The maximum atomic E-state index is 12.0. The van der Waals surface area contributed by atoms with Crippen LogP contribution in [0.4, 0.5) is 11.4 Å². The molecule has 1 aromatic heterocycles. The second-order valence-electron chi connectivity index (χ2n) is 3.68. The number of amides is 1. The Morgan fingerprint density at radius 3 is 2.68 bits per heavy atom. The molecule has 7 heteroatoms. The molecule has 0 saturated heterocycles. The number of hydrogen-bond donors (Lipinski definition) is 2. The number of anilines is 2. The second kappa shape index (κ2) is 5.77. The molecule has 0 saturated carbocycles. The van der Waals surface area contributed by atoms with Crippen LogP contribution in [0.5, 0.6) is 0 Å². The van der Waals surface area contributed by atoms with Crippen LogP contribution in [-0.2, 0) is 0 Å². The van der Waals surface area contributed by atoms with Crippen molar-refractivity contribution in [1.29, 1.82) is 0 Å². The van der Waals surface area contributed by atoms with E-state index in [1.165, 1.54) is 12.3 Å². The molecule has 4 nitrogen and oxygen atoms in total. The number of benzene rings is 1. The number of rotatable bonds is 2. The van der Waals surface area contributed by atoms with E-state index in [4.69, 9.17) is 28.9 Å². The van der Waals surface area contributed by atoms with Crippen LogP contribution in [-0.4, -0.2) is 10.9 Å². The third-order valence-corrected chi connectivity index (χ3v) is 3.68. The predicted molar refractivity (Wildman–Crippen MR) is 80.8 cm³/mol. The van der Waals surface area contributed by atoms with Gasteiger partial charge in [0.05, 0.1) is 21.9 Å². The van der Waals surface area contributed by atoms with E-state index in [1.54, 1.807) is 18.2 Å². The largest absolute Gasteiger partial charge is 0.398 e. The molecule has 2 rings (SSSR count). The maximum absolute atomic E-state index is 12.0. The van der Waals surface area contributed by atoms with Crippen LogP contribution < -0.4 is 11.1 Å². The monoisotopic (exact) mass is 359 g/mol. The summed E-state index contributed by atoms with van der Waals surface area (Å²) in [6.45, 7) is 0. The standard InChI is InChI=1S/C12H8BrCl2N3O/c13-9-4-7(5-17-11(9)15)18-12(19)8-2-1-6(14)3-10(8)16/h1-5H,16H2,(H,18,19). The summed E-state index contributed by atoms with van der Waals surface area (Å²) in [5.41, 5.74) is 6.90. The van der Waals surface area contributed by atoms with Crippen molar-refractivity contribution in [2.24, 2.45) is 0 Å². The Morgan fingerprint density at radius 1 is 1.32 bits per heavy atom. The minimum Gasteiger partial charge on any atom is -0.398 e. The number of carbonyl (C=O) groups excluding carboxylic acids is 1. The van der Waals surface area contributed by atoms with E-state index in [1.807, 2.05) is 0 Å². The predicted octanol–water partition coefficient (Wildman–Crippen LogP) is 3.99. The van der Waals surface area contributed by atoms with E-state index < -0.39 is 0 Å². The summed E-state index contributed by atoms with van der Waals surface area (Å²) in [5, 5.41) is 3.47. The molecule has 1 amide bonds. The topological polar surface area (TPSA) is 68.0 Å². The molecule has 2 aromatic rings. The number of nitrogens with zero attached hydrogens (tertiary/aromatic N) is 1. The number of carbonyl (C=O) groups is 1. The zero-order valence-electron chi connectivity index (χ0n) is 9.45. The number of hydrogen-bond acceptors (Lipinski definition) is 3. The zero-order chi connectivity index (χ0) is 14.0. The SMILES string of the molecule is Nc1cc(Cl)ccc1C(=O)Nc1cnc(Cl)c(Br)c1. The molecular formula is C12H8BrCl2N3O. The summed E-state index contributed by atoms with van der Waals surface area (Å²) in [4.78, 5) is 15.9. The molecule has 1 heterocycles. The first-order valence-corrected chi connectivity index (χ1v) is 6.69. The van der Waals surface area contributed by atoms with Crippen molar-refractivity contribution in [1.82, 2.24) is 4.98 Å². The molecule has 1 aromatic carbocycles. The Hall–Kier alpha value is -1.30. The normalized spacial score (nSPS) is 10.3. The smallest absolute Gasteiger partial charge is 0.257 e. The summed E-state index contributed by atoms with van der Waals surface area (Å²) < 4.78 is 0.594. The van der Waals surface area contributed by atoms with E-state index in [0.717, 1.165) is 0 Å². The van der Waals surface area contributed by atoms with Gasteiger partial charge in [-0.3, -0.25) is 4.79 Å². The summed E-state index contributed by atoms with van der Waals surface area (Å²) in [5.74, 6) is -0.342. The van der Waals surface area contributed by atoms with Crippen LogP contribution in [0.15, 0.2) is 34.9 Å². The third-order valence-electron chi connectivity index (χ3n) is 2.31. The fraction of sp³-hybridized carbons (Fsp3) is 0. The summed E-state index contributed by atoms with van der Waals surface area (Å²) in [6, 6.07) is 6.33. The first-order chi connectivity index (χ1) is 8.97. The van der Waals surface area contributed by atoms with Gasteiger partial charge < -0.3 is 11.1 Å². The first kappa shape index (κ1) is 14.1. The van der Waals surface area contributed by atoms with Crippen molar-refractivity contribution >= 4 is 56.4 Å². The van der Waals surface area contributed by atoms with Gasteiger partial charge in [0.1, 0.15) is 5.15 Å². The summed E-state index contributed by atoms with van der Waals surface area (Å²) >= 11 is 14.8. The molecule has 19 heavy (non-hydrogen) atoms. The maximum Gasteiger partial charge on any atom is 0.257 e. The van der Waals surface area contributed by atoms with Gasteiger partial charge in [0.25, 0.3) is 5.91 Å². The van der Waals surface area contributed by atoms with Gasteiger partial charge in [-0.05, 0) is 40.2 Å². The highest BCUT2D eigenvalue weighted by Gasteiger charge is 2.11. The quantitative estimate of drug-likeness (QED) is 0.628. The van der Waals surface area contributed by atoms with Gasteiger partial charge in [0, 0.05) is 10.7 Å². The highest BCUT2D eigenvalue weighted by molar-refractivity contribution is 9.10. The molecule has 0 atom stereocenters. The van der Waals surface area contributed by atoms with E-state index in [2.05, 4.69) is 26.2 Å². The number of halogens is 3. The average molecular weight is 361 g/mol. The van der Waals surface area contributed by atoms with Gasteiger partial charge in [-0.15, -0.1) is 0 Å². The lowest BCUT2D eigenvalue weighted by molar-refractivity contribution is 0.102. The van der Waals surface area contributed by atoms with Gasteiger partial charge in [0.2, 0.25) is 0 Å². The van der Waals surface area contributed by atoms with Crippen molar-refractivity contribution in [3.8, 4) is 0 Å². The van der Waals surface area contributed by atoms with Crippen LogP contribution in [0.3, 0.4) is 0 Å². The minimum absolute atomic E-state index is 0.311. The Labute approximate surface area is 128 Å². The third kappa shape index (κ3) is 3.37. The Balaban J connectivity index is 2.23. The van der Waals surface area contributed by atoms with Gasteiger partial charge in [0.15, 0.2) is 0 Å². The van der Waals surface area contributed by atoms with Crippen LogP contribution >= 0.6 is 39.1 Å². The van der Waals surface area contributed by atoms with Crippen molar-refractivity contribution in [2.75, 3.05) is 11.1 Å². The molecular weight excluding hydrogens is 353 g/mol. The molecule has 98 valence electrons. The van der Waals surface area contributed by atoms with Crippen LogP contribution in [0.25, 0.3) is 0 Å². The van der Waals surface area contributed by atoms with Gasteiger partial charge in [-0.25, -0.2) is 4.98 Å². The van der Waals surface area contributed by atoms with E-state index >= 15 is 0 Å². The Kier molecular flexibility index (Phi) is 4.29. The van der Waals surface area contributed by atoms with Gasteiger partial charge in [-0.1, -0.05) is 23.2 Å². The Bertz CT molecular complexity index is 649. The van der Waals surface area contributed by atoms with Crippen LogP contribution in [0, 0.1) is 0 Å². The van der Waals surface area contributed by atoms with Gasteiger partial charge >= 0.3 is 0 Å². The van der Waals surface area contributed by atoms with Crippen LogP contribution in [0.2, 0.25) is 10.2 Å². The zero-order valence-corrected chi connectivity index (χ0v) is 12.6. The molecule has 0 bridgehead atoms. The fourth-order valence-electron chi connectivity index (χ4n) is 1.43. The number of nitrogens with one attached hydrogen (secondary N) is 1. The van der Waals surface area contributed by atoms with E-state index in [0.29, 0.717) is 31.6 Å². The summed E-state index contributed by atoms with van der Waals surface area (Å²) in [7, 11) is 0. The van der Waals surface area contributed by atoms with Crippen molar-refractivity contribution in [2.45, 2.75) is 0 Å². The van der Waals surface area contributed by atoms with Crippen LogP contribution in [0.1, 0.15) is 10.4 Å². The average Bonchev–Trinajstić information content (AvgIpc) is 2.33. The number of nitrogen functional groups attached to an aromatic ring is 1. The van der Waals surface area contributed by atoms with Crippen molar-refractivity contribution < 1.29 is 4.79 Å². The van der Waals surface area contributed by atoms with Crippen molar-refractivity contribution in [3.63, 3.8) is 0 Å². The number of pyridine rings is 1.